The van der Waals surface area contributed by atoms with Crippen molar-refractivity contribution in [3.63, 3.8) is 0 Å². The molecule has 2 aromatic rings. The Kier molecular flexibility index (Phi) is 6.80. The smallest absolute Gasteiger partial charge is 0.410 e. The number of hydrogen-bond donors (Lipinski definition) is 1. The summed E-state index contributed by atoms with van der Waals surface area (Å²) in [5.41, 5.74) is 0.974. The van der Waals surface area contributed by atoms with Crippen LogP contribution in [0, 0.1) is 0 Å². The Hall–Kier alpha value is -1.90. The molecule has 0 spiro atoms. The molecule has 0 aliphatic carbocycles. The summed E-state index contributed by atoms with van der Waals surface area (Å²) in [6, 6.07) is 10.0. The Labute approximate surface area is 161 Å². The van der Waals surface area contributed by atoms with Gasteiger partial charge in [-0.15, -0.1) is 11.3 Å². The maximum absolute atomic E-state index is 13.6. The number of hydrogen-bond acceptors (Lipinski definition) is 4. The molecule has 1 aromatic carbocycles. The normalized spacial score (nSPS) is 11.2. The molecule has 1 heterocycles. The standard InChI is InChI=1S/C16H13Cl2F2NO4S/c17-12-6-11(13(18)26-12)7-21(9-16(19,20)14(22)23)15(24)25-8-10-4-2-1-3-5-10/h1-6H,7-9H2,(H,22,23). The largest absolute Gasteiger partial charge is 0.477 e. The van der Waals surface area contributed by atoms with Gasteiger partial charge in [0.05, 0.1) is 21.8 Å². The van der Waals surface area contributed by atoms with Crippen molar-refractivity contribution in [2.75, 3.05) is 6.54 Å². The quantitative estimate of drug-likeness (QED) is 0.686. The van der Waals surface area contributed by atoms with Crippen LogP contribution in [0.3, 0.4) is 0 Å². The zero-order valence-electron chi connectivity index (χ0n) is 13.1. The Morgan fingerprint density at radius 3 is 2.42 bits per heavy atom. The molecule has 140 valence electrons. The van der Waals surface area contributed by atoms with Crippen LogP contribution in [0.15, 0.2) is 36.4 Å². The Bertz CT molecular complexity index is 786. The van der Waals surface area contributed by atoms with Crippen molar-refractivity contribution in [2.24, 2.45) is 0 Å². The third kappa shape index (κ3) is 5.55. The van der Waals surface area contributed by atoms with Gasteiger partial charge in [0, 0.05) is 5.56 Å². The van der Waals surface area contributed by atoms with E-state index in [2.05, 4.69) is 0 Å². The van der Waals surface area contributed by atoms with Crippen molar-refractivity contribution >= 4 is 46.6 Å². The Morgan fingerprint density at radius 2 is 1.88 bits per heavy atom. The van der Waals surface area contributed by atoms with Gasteiger partial charge in [-0.1, -0.05) is 53.5 Å². The number of aliphatic carboxylic acids is 1. The lowest BCUT2D eigenvalue weighted by Crippen LogP contribution is -2.45. The third-order valence-corrected chi connectivity index (χ3v) is 4.82. The van der Waals surface area contributed by atoms with E-state index in [1.165, 1.54) is 6.07 Å². The molecule has 0 fully saturated rings. The number of halogens is 4. The van der Waals surface area contributed by atoms with Crippen molar-refractivity contribution in [3.05, 3.63) is 56.2 Å². The molecule has 1 amide bonds. The number of amides is 1. The second kappa shape index (κ2) is 8.66. The van der Waals surface area contributed by atoms with E-state index in [1.807, 2.05) is 0 Å². The number of nitrogens with zero attached hydrogens (tertiary/aromatic N) is 1. The van der Waals surface area contributed by atoms with Gasteiger partial charge < -0.3 is 9.84 Å². The minimum Gasteiger partial charge on any atom is -0.477 e. The van der Waals surface area contributed by atoms with Gasteiger partial charge >= 0.3 is 18.0 Å². The fourth-order valence-corrected chi connectivity index (χ4v) is 3.46. The maximum atomic E-state index is 13.6. The highest BCUT2D eigenvalue weighted by atomic mass is 35.5. The summed E-state index contributed by atoms with van der Waals surface area (Å²) in [4.78, 5) is 23.5. The predicted octanol–water partition coefficient (Wildman–Crippen LogP) is 4.91. The number of carboxylic acids is 1. The summed E-state index contributed by atoms with van der Waals surface area (Å²) in [6.07, 6.45) is -1.09. The average molecular weight is 424 g/mol. The lowest BCUT2D eigenvalue weighted by Gasteiger charge is -2.24. The van der Waals surface area contributed by atoms with E-state index in [4.69, 9.17) is 33.0 Å². The number of rotatable bonds is 7. The van der Waals surface area contributed by atoms with E-state index < -0.39 is 24.5 Å². The molecule has 5 nitrogen and oxygen atoms in total. The van der Waals surface area contributed by atoms with Crippen LogP contribution >= 0.6 is 34.5 Å². The zero-order valence-corrected chi connectivity index (χ0v) is 15.5. The monoisotopic (exact) mass is 423 g/mol. The lowest BCUT2D eigenvalue weighted by atomic mass is 10.2. The van der Waals surface area contributed by atoms with Crippen LogP contribution in [0.4, 0.5) is 13.6 Å². The van der Waals surface area contributed by atoms with E-state index >= 15 is 0 Å². The molecular weight excluding hydrogens is 411 g/mol. The second-order valence-corrected chi connectivity index (χ2v) is 7.54. The van der Waals surface area contributed by atoms with Crippen molar-refractivity contribution < 1.29 is 28.2 Å². The molecule has 0 radical (unpaired) electrons. The molecular formula is C16H13Cl2F2NO4S. The third-order valence-electron chi connectivity index (χ3n) is 3.25. The molecule has 0 atom stereocenters. The summed E-state index contributed by atoms with van der Waals surface area (Å²) >= 11 is 12.8. The van der Waals surface area contributed by atoms with Crippen molar-refractivity contribution in [2.45, 2.75) is 19.1 Å². The van der Waals surface area contributed by atoms with Crippen LogP contribution in [0.2, 0.25) is 8.67 Å². The summed E-state index contributed by atoms with van der Waals surface area (Å²) in [6.45, 7) is -1.87. The Balaban J connectivity index is 2.14. The SMILES string of the molecule is O=C(OCc1ccccc1)N(Cc1cc(Cl)sc1Cl)CC(F)(F)C(=O)O. The van der Waals surface area contributed by atoms with Crippen molar-refractivity contribution in [1.82, 2.24) is 4.90 Å². The molecule has 10 heteroatoms. The van der Waals surface area contributed by atoms with Crippen LogP contribution in [0.5, 0.6) is 0 Å². The van der Waals surface area contributed by atoms with Gasteiger partial charge in [0.15, 0.2) is 0 Å². The Morgan fingerprint density at radius 1 is 1.23 bits per heavy atom. The number of benzene rings is 1. The number of carboxylic acid groups (broad SMARTS) is 1. The number of ether oxygens (including phenoxy) is 1. The summed E-state index contributed by atoms with van der Waals surface area (Å²) < 4.78 is 32.8. The topological polar surface area (TPSA) is 66.8 Å². The minimum atomic E-state index is -4.14. The molecule has 26 heavy (non-hydrogen) atoms. The molecule has 0 aliphatic heterocycles. The highest BCUT2D eigenvalue weighted by Gasteiger charge is 2.42. The summed E-state index contributed by atoms with van der Waals surface area (Å²) in [5, 5.41) is 8.63. The van der Waals surface area contributed by atoms with Crippen LogP contribution in [0.1, 0.15) is 11.1 Å². The molecule has 0 aliphatic rings. The molecule has 0 saturated heterocycles. The summed E-state index contributed by atoms with van der Waals surface area (Å²) in [5.74, 6) is -6.48. The number of carbonyl (C=O) groups is 2. The van der Waals surface area contributed by atoms with Crippen LogP contribution in [-0.2, 0) is 22.7 Å². The van der Waals surface area contributed by atoms with Crippen molar-refractivity contribution in [3.8, 4) is 0 Å². The second-order valence-electron chi connectivity index (χ2n) is 5.26. The molecule has 1 aromatic heterocycles. The fraction of sp³-hybridized carbons (Fsp3) is 0.250. The number of carbonyl (C=O) groups excluding carboxylic acids is 1. The first-order valence-corrected chi connectivity index (χ1v) is 8.77. The van der Waals surface area contributed by atoms with Gasteiger partial charge in [-0.2, -0.15) is 8.78 Å². The molecule has 0 saturated carbocycles. The number of alkyl halides is 2. The highest BCUT2D eigenvalue weighted by Crippen LogP contribution is 2.32. The maximum Gasteiger partial charge on any atom is 0.410 e. The highest BCUT2D eigenvalue weighted by molar-refractivity contribution is 7.20. The zero-order chi connectivity index (χ0) is 19.3. The molecule has 2 rings (SSSR count). The van der Waals surface area contributed by atoms with E-state index in [9.17, 15) is 18.4 Å². The minimum absolute atomic E-state index is 0.146. The summed E-state index contributed by atoms with van der Waals surface area (Å²) in [7, 11) is 0. The molecule has 0 bridgehead atoms. The van der Waals surface area contributed by atoms with Gasteiger partial charge in [0.1, 0.15) is 6.61 Å². The van der Waals surface area contributed by atoms with Crippen molar-refractivity contribution in [1.29, 1.82) is 0 Å². The van der Waals surface area contributed by atoms with Crippen LogP contribution in [0.25, 0.3) is 0 Å². The van der Waals surface area contributed by atoms with Gasteiger partial charge in [-0.05, 0) is 11.6 Å². The molecule has 0 unspecified atom stereocenters. The van der Waals surface area contributed by atoms with E-state index in [0.717, 1.165) is 11.3 Å². The molecule has 1 N–H and O–H groups in total. The first-order valence-electron chi connectivity index (χ1n) is 7.19. The van der Waals surface area contributed by atoms with E-state index in [1.54, 1.807) is 30.3 Å². The van der Waals surface area contributed by atoms with Gasteiger partial charge in [0.2, 0.25) is 0 Å². The fourth-order valence-electron chi connectivity index (χ4n) is 1.99. The van der Waals surface area contributed by atoms with Gasteiger partial charge in [-0.3, -0.25) is 4.90 Å². The predicted molar refractivity (Wildman–Crippen MR) is 94.0 cm³/mol. The number of thiophene rings is 1. The first kappa shape index (κ1) is 20.4. The van der Waals surface area contributed by atoms with Crippen LogP contribution in [-0.4, -0.2) is 34.5 Å². The van der Waals surface area contributed by atoms with Gasteiger partial charge in [-0.25, -0.2) is 9.59 Å². The van der Waals surface area contributed by atoms with E-state index in [-0.39, 0.29) is 17.5 Å². The van der Waals surface area contributed by atoms with E-state index in [0.29, 0.717) is 20.4 Å². The first-order chi connectivity index (χ1) is 12.2. The average Bonchev–Trinajstić information content (AvgIpc) is 2.90. The lowest BCUT2D eigenvalue weighted by molar-refractivity contribution is -0.166. The van der Waals surface area contributed by atoms with Crippen LogP contribution < -0.4 is 0 Å². The van der Waals surface area contributed by atoms with Gasteiger partial charge in [0.25, 0.3) is 0 Å².